The summed E-state index contributed by atoms with van der Waals surface area (Å²) in [5, 5.41) is 0. The molecule has 1 fully saturated rings. The summed E-state index contributed by atoms with van der Waals surface area (Å²) in [5.41, 5.74) is 1.30. The number of piperidine rings is 1. The van der Waals surface area contributed by atoms with Gasteiger partial charge in [-0.2, -0.15) is 4.99 Å². The molecular formula is C22H19FN2O4. The van der Waals surface area contributed by atoms with Crippen molar-refractivity contribution in [3.8, 4) is 0 Å². The van der Waals surface area contributed by atoms with Crippen LogP contribution >= 0.6 is 0 Å². The minimum atomic E-state index is -0.747. The largest absolute Gasteiger partial charge is 0.451 e. The van der Waals surface area contributed by atoms with E-state index in [0.29, 0.717) is 43.9 Å². The molecular weight excluding hydrogens is 375 g/mol. The van der Waals surface area contributed by atoms with Gasteiger partial charge in [-0.1, -0.05) is 36.4 Å². The molecule has 148 valence electrons. The van der Waals surface area contributed by atoms with Crippen molar-refractivity contribution < 1.29 is 23.5 Å². The van der Waals surface area contributed by atoms with Crippen molar-refractivity contribution in [3.63, 3.8) is 0 Å². The Labute approximate surface area is 166 Å². The monoisotopic (exact) mass is 394 g/mol. The molecule has 7 heteroatoms. The van der Waals surface area contributed by atoms with E-state index in [9.17, 15) is 14.0 Å². The zero-order valence-electron chi connectivity index (χ0n) is 15.6. The van der Waals surface area contributed by atoms with Crippen molar-refractivity contribution in [1.29, 1.82) is 0 Å². The molecule has 6 nitrogen and oxygen atoms in total. The molecule has 3 heterocycles. The van der Waals surface area contributed by atoms with Crippen molar-refractivity contribution in [2.24, 2.45) is 4.99 Å². The van der Waals surface area contributed by atoms with Gasteiger partial charge in [-0.15, -0.1) is 0 Å². The standard InChI is InChI=1S/C22H19FN2O4/c23-15-6-7-17-16(13-15)20(27)29-22(17)8-10-25(11-9-22)21-24-19(26)18(28-21)12-14-4-2-1-3-5-14/h1-7,13,18H,8-12H2. The lowest BCUT2D eigenvalue weighted by atomic mass is 9.84. The molecule has 1 saturated heterocycles. The van der Waals surface area contributed by atoms with Crippen LogP contribution < -0.4 is 0 Å². The van der Waals surface area contributed by atoms with Crippen LogP contribution in [0.15, 0.2) is 53.5 Å². The molecule has 2 aromatic carbocycles. The molecule has 0 saturated carbocycles. The number of amides is 1. The first kappa shape index (κ1) is 17.8. The Kier molecular flexibility index (Phi) is 4.12. The molecule has 0 aliphatic carbocycles. The predicted octanol–water partition coefficient (Wildman–Crippen LogP) is 2.81. The molecule has 3 aliphatic heterocycles. The fourth-order valence-corrected chi connectivity index (χ4v) is 4.27. The van der Waals surface area contributed by atoms with E-state index in [2.05, 4.69) is 4.99 Å². The summed E-state index contributed by atoms with van der Waals surface area (Å²) in [4.78, 5) is 30.5. The van der Waals surface area contributed by atoms with E-state index >= 15 is 0 Å². The molecule has 0 radical (unpaired) electrons. The second-order valence-electron chi connectivity index (χ2n) is 7.59. The van der Waals surface area contributed by atoms with E-state index in [0.717, 1.165) is 11.1 Å². The summed E-state index contributed by atoms with van der Waals surface area (Å²) in [6, 6.07) is 14.2. The zero-order chi connectivity index (χ0) is 20.0. The number of aliphatic imine (C=N–C) groups is 1. The second kappa shape index (κ2) is 6.69. The molecule has 3 aliphatic rings. The van der Waals surface area contributed by atoms with Crippen LogP contribution in [0.25, 0.3) is 0 Å². The quantitative estimate of drug-likeness (QED) is 0.733. The Bertz CT molecular complexity index is 1010. The number of benzene rings is 2. The first-order chi connectivity index (χ1) is 14.0. The lowest BCUT2D eigenvalue weighted by Crippen LogP contribution is -2.45. The number of esters is 1. The van der Waals surface area contributed by atoms with Crippen LogP contribution in [0.3, 0.4) is 0 Å². The minimum Gasteiger partial charge on any atom is -0.451 e. The van der Waals surface area contributed by atoms with Crippen LogP contribution in [-0.4, -0.2) is 42.0 Å². The number of likely N-dealkylation sites (tertiary alicyclic amines) is 1. The van der Waals surface area contributed by atoms with Gasteiger partial charge in [0, 0.05) is 37.9 Å². The zero-order valence-corrected chi connectivity index (χ0v) is 15.6. The molecule has 2 aromatic rings. The number of halogens is 1. The Morgan fingerprint density at radius 1 is 1.10 bits per heavy atom. The van der Waals surface area contributed by atoms with Crippen molar-refractivity contribution >= 4 is 17.9 Å². The van der Waals surface area contributed by atoms with Gasteiger partial charge in [-0.25, -0.2) is 9.18 Å². The van der Waals surface area contributed by atoms with Crippen molar-refractivity contribution in [2.45, 2.75) is 31.0 Å². The number of ether oxygens (including phenoxy) is 2. The fourth-order valence-electron chi connectivity index (χ4n) is 4.27. The van der Waals surface area contributed by atoms with Crippen molar-refractivity contribution in [3.05, 3.63) is 71.0 Å². The van der Waals surface area contributed by atoms with Crippen LogP contribution in [0.1, 0.15) is 34.3 Å². The molecule has 1 atom stereocenters. The van der Waals surface area contributed by atoms with Crippen LogP contribution in [0.2, 0.25) is 0 Å². The number of carbonyl (C=O) groups excluding carboxylic acids is 2. The molecule has 0 bridgehead atoms. The highest BCUT2D eigenvalue weighted by Gasteiger charge is 2.48. The third-order valence-electron chi connectivity index (χ3n) is 5.81. The Balaban J connectivity index is 1.27. The van der Waals surface area contributed by atoms with Gasteiger partial charge in [0.25, 0.3) is 11.9 Å². The normalized spacial score (nSPS) is 22.3. The lowest BCUT2D eigenvalue weighted by Gasteiger charge is -2.38. The predicted molar refractivity (Wildman–Crippen MR) is 102 cm³/mol. The summed E-state index contributed by atoms with van der Waals surface area (Å²) < 4.78 is 25.0. The van der Waals surface area contributed by atoms with Gasteiger partial charge in [-0.05, 0) is 17.7 Å². The second-order valence-corrected chi connectivity index (χ2v) is 7.59. The topological polar surface area (TPSA) is 68.2 Å². The van der Waals surface area contributed by atoms with Gasteiger partial charge >= 0.3 is 5.97 Å². The molecule has 29 heavy (non-hydrogen) atoms. The van der Waals surface area contributed by atoms with Crippen molar-refractivity contribution in [1.82, 2.24) is 4.90 Å². The number of amidine groups is 1. The van der Waals surface area contributed by atoms with Crippen LogP contribution in [0.5, 0.6) is 0 Å². The van der Waals surface area contributed by atoms with Gasteiger partial charge in [-0.3, -0.25) is 4.79 Å². The van der Waals surface area contributed by atoms with Crippen LogP contribution in [0.4, 0.5) is 4.39 Å². The van der Waals surface area contributed by atoms with Gasteiger partial charge in [0.2, 0.25) is 0 Å². The van der Waals surface area contributed by atoms with Crippen LogP contribution in [-0.2, 0) is 26.3 Å². The minimum absolute atomic E-state index is 0.280. The molecule has 5 rings (SSSR count). The molecule has 1 amide bonds. The summed E-state index contributed by atoms with van der Waals surface area (Å²) >= 11 is 0. The Hall–Kier alpha value is -3.22. The summed E-state index contributed by atoms with van der Waals surface area (Å²) in [6.45, 7) is 1.04. The van der Waals surface area contributed by atoms with E-state index in [1.807, 2.05) is 35.2 Å². The highest BCUT2D eigenvalue weighted by Crippen LogP contribution is 2.44. The van der Waals surface area contributed by atoms with E-state index in [1.165, 1.54) is 12.1 Å². The van der Waals surface area contributed by atoms with E-state index in [4.69, 9.17) is 9.47 Å². The maximum Gasteiger partial charge on any atom is 0.339 e. The van der Waals surface area contributed by atoms with Gasteiger partial charge in [0.05, 0.1) is 5.56 Å². The number of carbonyl (C=O) groups is 2. The number of hydrogen-bond donors (Lipinski definition) is 0. The highest BCUT2D eigenvalue weighted by molar-refractivity contribution is 5.99. The number of hydrogen-bond acceptors (Lipinski definition) is 5. The fraction of sp³-hybridized carbons (Fsp3) is 0.318. The average molecular weight is 394 g/mol. The number of rotatable bonds is 2. The highest BCUT2D eigenvalue weighted by atomic mass is 19.1. The summed E-state index contributed by atoms with van der Waals surface area (Å²) in [6.07, 6.45) is 0.909. The van der Waals surface area contributed by atoms with Crippen molar-refractivity contribution in [2.75, 3.05) is 13.1 Å². The first-order valence-electron chi connectivity index (χ1n) is 9.65. The number of nitrogens with zero attached hydrogens (tertiary/aromatic N) is 2. The summed E-state index contributed by atoms with van der Waals surface area (Å²) in [7, 11) is 0. The molecule has 1 unspecified atom stereocenters. The van der Waals surface area contributed by atoms with Gasteiger partial charge < -0.3 is 14.4 Å². The average Bonchev–Trinajstić information content (AvgIpc) is 3.21. The molecule has 0 N–H and O–H groups in total. The van der Waals surface area contributed by atoms with Gasteiger partial charge in [0.15, 0.2) is 6.10 Å². The van der Waals surface area contributed by atoms with E-state index < -0.39 is 23.5 Å². The smallest absolute Gasteiger partial charge is 0.339 e. The lowest BCUT2D eigenvalue weighted by molar-refractivity contribution is -0.122. The SMILES string of the molecule is O=C1OC2(CCN(C3=NC(=O)C(Cc4ccccc4)O3)CC2)c2ccc(F)cc21. The Morgan fingerprint density at radius 3 is 2.62 bits per heavy atom. The molecule has 0 aromatic heterocycles. The van der Waals surface area contributed by atoms with E-state index in [-0.39, 0.29) is 5.91 Å². The maximum absolute atomic E-state index is 13.5. The van der Waals surface area contributed by atoms with Gasteiger partial charge in [0.1, 0.15) is 11.4 Å². The van der Waals surface area contributed by atoms with E-state index in [1.54, 1.807) is 6.07 Å². The van der Waals surface area contributed by atoms with Crippen LogP contribution in [0, 0.1) is 5.82 Å². The number of fused-ring (bicyclic) bond motifs is 2. The Morgan fingerprint density at radius 2 is 1.86 bits per heavy atom. The first-order valence-corrected chi connectivity index (χ1v) is 9.65. The third kappa shape index (κ3) is 3.06. The summed E-state index contributed by atoms with van der Waals surface area (Å²) in [5.74, 6) is -1.22. The molecule has 1 spiro atoms. The third-order valence-corrected chi connectivity index (χ3v) is 5.81. The maximum atomic E-state index is 13.5.